The van der Waals surface area contributed by atoms with Crippen LogP contribution in [0.1, 0.15) is 41.1 Å². The van der Waals surface area contributed by atoms with Gasteiger partial charge in [0.2, 0.25) is 0 Å². The van der Waals surface area contributed by atoms with Gasteiger partial charge in [-0.25, -0.2) is 4.98 Å². The lowest BCUT2D eigenvalue weighted by Gasteiger charge is -2.30. The predicted molar refractivity (Wildman–Crippen MR) is 137 cm³/mol. The van der Waals surface area contributed by atoms with E-state index in [1.165, 1.54) is 11.3 Å². The Balaban J connectivity index is 1.46. The number of aryl methyl sites for hydroxylation is 1. The summed E-state index contributed by atoms with van der Waals surface area (Å²) in [5.74, 6) is 0.936. The molecule has 8 heteroatoms. The lowest BCUT2D eigenvalue weighted by molar-refractivity contribution is 0.0365. The molecule has 2 atom stereocenters. The van der Waals surface area contributed by atoms with Crippen molar-refractivity contribution < 1.29 is 4.74 Å². The number of rotatable bonds is 7. The molecular weight excluding hydrogens is 444 g/mol. The van der Waals surface area contributed by atoms with E-state index in [1.54, 1.807) is 0 Å². The number of ether oxygens (including phenoxy) is 1. The predicted octanol–water partition coefficient (Wildman–Crippen LogP) is 3.58. The molecule has 1 N–H and O–H groups in total. The maximum Gasteiger partial charge on any atom is 0.170 e. The van der Waals surface area contributed by atoms with Gasteiger partial charge in [-0.15, -0.1) is 0 Å². The van der Waals surface area contributed by atoms with E-state index in [0.29, 0.717) is 0 Å². The van der Waals surface area contributed by atoms with Gasteiger partial charge >= 0.3 is 0 Å². The molecule has 2 aliphatic rings. The molecule has 2 aliphatic heterocycles. The minimum Gasteiger partial charge on any atom is -0.379 e. The number of pyridine rings is 2. The minimum atomic E-state index is -0.00484. The number of aromatic nitrogens is 3. The molecule has 3 aromatic heterocycles. The van der Waals surface area contributed by atoms with Crippen LogP contribution in [0.25, 0.3) is 5.82 Å². The van der Waals surface area contributed by atoms with E-state index in [-0.39, 0.29) is 12.1 Å². The van der Waals surface area contributed by atoms with Gasteiger partial charge in [-0.05, 0) is 68.4 Å². The molecule has 0 radical (unpaired) electrons. The summed E-state index contributed by atoms with van der Waals surface area (Å²) in [6, 6.07) is 14.5. The topological polar surface area (TPSA) is 58.5 Å². The highest BCUT2D eigenvalue weighted by atomic mass is 32.1. The molecule has 34 heavy (non-hydrogen) atoms. The Kier molecular flexibility index (Phi) is 6.89. The van der Waals surface area contributed by atoms with Crippen LogP contribution in [0.15, 0.2) is 54.9 Å². The van der Waals surface area contributed by atoms with Gasteiger partial charge in [-0.1, -0.05) is 12.1 Å². The number of hydrogen-bond donors (Lipinski definition) is 1. The number of thiocarbonyl (C=S) groups is 1. The maximum atomic E-state index is 5.88. The van der Waals surface area contributed by atoms with Gasteiger partial charge in [-0.2, -0.15) is 0 Å². The Morgan fingerprint density at radius 1 is 1.03 bits per heavy atom. The summed E-state index contributed by atoms with van der Waals surface area (Å²) < 4.78 is 7.73. The minimum absolute atomic E-state index is 0.00484. The maximum absolute atomic E-state index is 5.88. The largest absolute Gasteiger partial charge is 0.379 e. The first-order valence-corrected chi connectivity index (χ1v) is 12.4. The van der Waals surface area contributed by atoms with E-state index in [2.05, 4.69) is 61.7 Å². The Morgan fingerprint density at radius 3 is 2.50 bits per heavy atom. The van der Waals surface area contributed by atoms with Crippen LogP contribution in [-0.4, -0.2) is 68.8 Å². The van der Waals surface area contributed by atoms with Crippen LogP contribution in [0.5, 0.6) is 0 Å². The summed E-state index contributed by atoms with van der Waals surface area (Å²) in [7, 11) is 0. The number of nitrogens with one attached hydrogen (secondary N) is 1. The highest BCUT2D eigenvalue weighted by Gasteiger charge is 2.41. The summed E-state index contributed by atoms with van der Waals surface area (Å²) in [6.45, 7) is 9.94. The van der Waals surface area contributed by atoms with E-state index >= 15 is 0 Å². The van der Waals surface area contributed by atoms with Gasteiger partial charge in [0.25, 0.3) is 0 Å². The monoisotopic (exact) mass is 476 g/mol. The van der Waals surface area contributed by atoms with Crippen molar-refractivity contribution >= 4 is 17.3 Å². The Morgan fingerprint density at radius 2 is 1.79 bits per heavy atom. The third-order valence-corrected chi connectivity index (χ3v) is 7.19. The molecule has 5 rings (SSSR count). The van der Waals surface area contributed by atoms with Crippen molar-refractivity contribution in [1.29, 1.82) is 0 Å². The molecule has 0 amide bonds. The molecule has 0 bridgehead atoms. The summed E-state index contributed by atoms with van der Waals surface area (Å²) in [5, 5.41) is 4.39. The van der Waals surface area contributed by atoms with E-state index in [4.69, 9.17) is 17.0 Å². The van der Waals surface area contributed by atoms with Crippen molar-refractivity contribution in [2.24, 2.45) is 0 Å². The molecule has 0 aromatic carbocycles. The fourth-order valence-corrected chi connectivity index (χ4v) is 5.53. The lowest BCUT2D eigenvalue weighted by Crippen LogP contribution is -2.39. The summed E-state index contributed by atoms with van der Waals surface area (Å²) in [6.07, 6.45) is 4.75. The second-order valence-corrected chi connectivity index (χ2v) is 9.36. The van der Waals surface area contributed by atoms with Crippen molar-refractivity contribution in [3.05, 3.63) is 77.5 Å². The summed E-state index contributed by atoms with van der Waals surface area (Å²) >= 11 is 5.88. The van der Waals surface area contributed by atoms with Gasteiger partial charge in [0.1, 0.15) is 5.82 Å². The van der Waals surface area contributed by atoms with Crippen molar-refractivity contribution in [2.45, 2.75) is 32.4 Å². The van der Waals surface area contributed by atoms with Crippen molar-refractivity contribution in [3.8, 4) is 5.82 Å². The van der Waals surface area contributed by atoms with Crippen molar-refractivity contribution in [3.63, 3.8) is 0 Å². The smallest absolute Gasteiger partial charge is 0.170 e. The molecule has 0 spiro atoms. The van der Waals surface area contributed by atoms with Crippen molar-refractivity contribution in [1.82, 2.24) is 29.7 Å². The SMILES string of the molecule is Cc1cc(C2C(c3ccccn3)NC(=S)N2CCCN2CCOCC2)c(C)n1-c1ccccn1. The number of nitrogens with zero attached hydrogens (tertiary/aromatic N) is 5. The molecule has 178 valence electrons. The molecule has 2 saturated heterocycles. The fraction of sp³-hybridized carbons (Fsp3) is 0.423. The first kappa shape index (κ1) is 23.0. The third kappa shape index (κ3) is 4.58. The standard InChI is InChI=1S/C26H32N6OS/c1-19-18-21(20(2)32(19)23-9-4-6-11-28-23)25-24(22-8-3-5-10-27-22)29-26(34)31(25)13-7-12-30-14-16-33-17-15-30/h3-6,8-11,18,24-25H,7,12-17H2,1-2H3,(H,29,34). The highest BCUT2D eigenvalue weighted by molar-refractivity contribution is 7.80. The van der Waals surface area contributed by atoms with E-state index < -0.39 is 0 Å². The first-order chi connectivity index (χ1) is 16.6. The fourth-order valence-electron chi connectivity index (χ4n) is 5.20. The first-order valence-electron chi connectivity index (χ1n) is 12.0. The van der Waals surface area contributed by atoms with E-state index in [9.17, 15) is 0 Å². The van der Waals surface area contributed by atoms with Gasteiger partial charge in [-0.3, -0.25) is 9.88 Å². The molecular formula is C26H32N6OS. The number of hydrogen-bond acceptors (Lipinski definition) is 5. The quantitative estimate of drug-likeness (QED) is 0.523. The Bertz CT molecular complexity index is 1110. The van der Waals surface area contributed by atoms with Crippen LogP contribution in [0.3, 0.4) is 0 Å². The van der Waals surface area contributed by atoms with E-state index in [1.807, 2.05) is 36.7 Å². The normalized spacial score (nSPS) is 21.1. The van der Waals surface area contributed by atoms with Gasteiger partial charge < -0.3 is 19.5 Å². The summed E-state index contributed by atoms with van der Waals surface area (Å²) in [4.78, 5) is 14.1. The Labute approximate surface area is 206 Å². The second kappa shape index (κ2) is 10.2. The van der Waals surface area contributed by atoms with Gasteiger partial charge in [0.05, 0.1) is 31.0 Å². The third-order valence-electron chi connectivity index (χ3n) is 6.84. The average Bonchev–Trinajstić information content (AvgIpc) is 3.35. The molecule has 0 aliphatic carbocycles. The van der Waals surface area contributed by atoms with Crippen LogP contribution in [0.2, 0.25) is 0 Å². The molecule has 0 saturated carbocycles. The highest BCUT2D eigenvalue weighted by Crippen LogP contribution is 2.41. The van der Waals surface area contributed by atoms with Crippen molar-refractivity contribution in [2.75, 3.05) is 39.4 Å². The Hall–Kier alpha value is -2.81. The van der Waals surface area contributed by atoms with Gasteiger partial charge in [0.15, 0.2) is 5.11 Å². The van der Waals surface area contributed by atoms with Crippen LogP contribution < -0.4 is 5.32 Å². The van der Waals surface area contributed by atoms with Crippen LogP contribution in [0, 0.1) is 13.8 Å². The van der Waals surface area contributed by atoms with Crippen LogP contribution in [0.4, 0.5) is 0 Å². The molecule has 5 heterocycles. The molecule has 7 nitrogen and oxygen atoms in total. The van der Waals surface area contributed by atoms with Gasteiger partial charge in [0, 0.05) is 50.0 Å². The number of morpholine rings is 1. The molecule has 3 aromatic rings. The lowest BCUT2D eigenvalue weighted by atomic mass is 9.96. The average molecular weight is 477 g/mol. The zero-order valence-electron chi connectivity index (χ0n) is 19.9. The zero-order valence-corrected chi connectivity index (χ0v) is 20.7. The van der Waals surface area contributed by atoms with Crippen LogP contribution >= 0.6 is 12.2 Å². The second-order valence-electron chi connectivity index (χ2n) is 8.98. The van der Waals surface area contributed by atoms with Crippen LogP contribution in [-0.2, 0) is 4.74 Å². The van der Waals surface area contributed by atoms with E-state index in [0.717, 1.165) is 68.1 Å². The molecule has 2 unspecified atom stereocenters. The molecule has 2 fully saturated rings. The summed E-state index contributed by atoms with van der Waals surface area (Å²) in [5.41, 5.74) is 4.62. The zero-order chi connectivity index (χ0) is 23.5.